The highest BCUT2D eigenvalue weighted by Crippen LogP contribution is 2.27. The molecular weight excluding hydrogens is 430 g/mol. The maximum Gasteiger partial charge on any atom is 0.250 e. The molecule has 0 unspecified atom stereocenters. The number of rotatable bonds is 7. The Morgan fingerprint density at radius 3 is 2.48 bits per heavy atom. The SMILES string of the molecule is O=C(CSc1nnc(-c2ccccc2)n1-c1ccccc1)N/N=C/c1cccc(Cl)c1. The first-order valence-electron chi connectivity index (χ1n) is 9.47. The minimum Gasteiger partial charge on any atom is -0.272 e. The lowest BCUT2D eigenvalue weighted by atomic mass is 10.2. The van der Waals surface area contributed by atoms with E-state index in [1.54, 1.807) is 18.3 Å². The van der Waals surface area contributed by atoms with Gasteiger partial charge in [0.2, 0.25) is 0 Å². The lowest BCUT2D eigenvalue weighted by molar-refractivity contribution is -0.118. The maximum absolute atomic E-state index is 12.3. The zero-order valence-corrected chi connectivity index (χ0v) is 17.9. The molecule has 1 heterocycles. The van der Waals surface area contributed by atoms with Gasteiger partial charge in [0.1, 0.15) is 0 Å². The molecule has 0 atom stereocenters. The van der Waals surface area contributed by atoms with Crippen molar-refractivity contribution in [3.63, 3.8) is 0 Å². The second kappa shape index (κ2) is 10.1. The van der Waals surface area contributed by atoms with Crippen LogP contribution in [0.2, 0.25) is 5.02 Å². The summed E-state index contributed by atoms with van der Waals surface area (Å²) in [4.78, 5) is 12.3. The number of hydrogen-bond acceptors (Lipinski definition) is 5. The number of hydrogen-bond donors (Lipinski definition) is 1. The predicted molar refractivity (Wildman–Crippen MR) is 125 cm³/mol. The van der Waals surface area contributed by atoms with E-state index in [0.29, 0.717) is 16.0 Å². The summed E-state index contributed by atoms with van der Waals surface area (Å²) in [5, 5.41) is 13.9. The molecule has 1 N–H and O–H groups in total. The molecule has 0 aliphatic rings. The van der Waals surface area contributed by atoms with E-state index in [0.717, 1.165) is 16.8 Å². The van der Waals surface area contributed by atoms with Gasteiger partial charge in [0.25, 0.3) is 5.91 Å². The number of para-hydroxylation sites is 1. The summed E-state index contributed by atoms with van der Waals surface area (Å²) < 4.78 is 1.95. The van der Waals surface area contributed by atoms with E-state index in [1.807, 2.05) is 77.4 Å². The molecule has 4 aromatic rings. The van der Waals surface area contributed by atoms with Gasteiger partial charge in [-0.2, -0.15) is 5.10 Å². The number of nitrogens with one attached hydrogen (secondary N) is 1. The highest BCUT2D eigenvalue weighted by atomic mass is 35.5. The Hall–Kier alpha value is -3.42. The number of hydrazone groups is 1. The van der Waals surface area contributed by atoms with Crippen LogP contribution in [0.15, 0.2) is 95.2 Å². The fourth-order valence-electron chi connectivity index (χ4n) is 2.88. The normalized spacial score (nSPS) is 11.0. The monoisotopic (exact) mass is 447 g/mol. The number of carbonyl (C=O) groups excluding carboxylic acids is 1. The van der Waals surface area contributed by atoms with Crippen molar-refractivity contribution in [2.24, 2.45) is 5.10 Å². The van der Waals surface area contributed by atoms with Crippen LogP contribution >= 0.6 is 23.4 Å². The third kappa shape index (κ3) is 5.39. The molecule has 0 saturated carbocycles. The van der Waals surface area contributed by atoms with Crippen LogP contribution in [0.5, 0.6) is 0 Å². The number of thioether (sulfide) groups is 1. The first kappa shape index (κ1) is 20.8. The second-order valence-corrected chi connectivity index (χ2v) is 7.86. The fourth-order valence-corrected chi connectivity index (χ4v) is 3.82. The molecule has 0 aliphatic heterocycles. The van der Waals surface area contributed by atoms with Crippen LogP contribution in [0.3, 0.4) is 0 Å². The smallest absolute Gasteiger partial charge is 0.250 e. The quantitative estimate of drug-likeness (QED) is 0.250. The first-order valence-corrected chi connectivity index (χ1v) is 10.8. The lowest BCUT2D eigenvalue weighted by Crippen LogP contribution is -2.20. The lowest BCUT2D eigenvalue weighted by Gasteiger charge is -2.10. The minimum absolute atomic E-state index is 0.145. The summed E-state index contributed by atoms with van der Waals surface area (Å²) in [6.45, 7) is 0. The summed E-state index contributed by atoms with van der Waals surface area (Å²) in [6, 6.07) is 26.9. The van der Waals surface area contributed by atoms with Crippen LogP contribution in [-0.2, 0) is 4.79 Å². The summed E-state index contributed by atoms with van der Waals surface area (Å²) >= 11 is 7.24. The molecular formula is C23H18ClN5OS. The van der Waals surface area contributed by atoms with Crippen LogP contribution in [-0.4, -0.2) is 32.6 Å². The van der Waals surface area contributed by atoms with Gasteiger partial charge in [0, 0.05) is 16.3 Å². The summed E-state index contributed by atoms with van der Waals surface area (Å²) in [5.74, 6) is 0.618. The topological polar surface area (TPSA) is 72.2 Å². The predicted octanol–water partition coefficient (Wildman–Crippen LogP) is 4.83. The van der Waals surface area contributed by atoms with Gasteiger partial charge in [-0.3, -0.25) is 9.36 Å². The number of carbonyl (C=O) groups is 1. The van der Waals surface area contributed by atoms with Crippen molar-refractivity contribution >= 4 is 35.5 Å². The van der Waals surface area contributed by atoms with Crippen LogP contribution in [0, 0.1) is 0 Å². The highest BCUT2D eigenvalue weighted by Gasteiger charge is 2.16. The van der Waals surface area contributed by atoms with E-state index in [2.05, 4.69) is 20.7 Å². The van der Waals surface area contributed by atoms with E-state index in [4.69, 9.17) is 11.6 Å². The van der Waals surface area contributed by atoms with Crippen molar-refractivity contribution < 1.29 is 4.79 Å². The molecule has 0 fully saturated rings. The van der Waals surface area contributed by atoms with Crippen molar-refractivity contribution in [3.05, 3.63) is 95.5 Å². The molecule has 0 aliphatic carbocycles. The van der Waals surface area contributed by atoms with Gasteiger partial charge >= 0.3 is 0 Å². The Labute approximate surface area is 189 Å². The van der Waals surface area contributed by atoms with Gasteiger partial charge in [0.05, 0.1) is 12.0 Å². The van der Waals surface area contributed by atoms with E-state index in [-0.39, 0.29) is 11.7 Å². The molecule has 1 amide bonds. The molecule has 4 rings (SSSR count). The average Bonchev–Trinajstić information content (AvgIpc) is 3.23. The van der Waals surface area contributed by atoms with Crippen LogP contribution in [0.4, 0.5) is 0 Å². The molecule has 0 bridgehead atoms. The number of nitrogens with zero attached hydrogens (tertiary/aromatic N) is 4. The van der Waals surface area contributed by atoms with Gasteiger partial charge in [0.15, 0.2) is 11.0 Å². The maximum atomic E-state index is 12.3. The number of amides is 1. The third-order valence-corrected chi connectivity index (χ3v) is 5.43. The van der Waals surface area contributed by atoms with Crippen molar-refractivity contribution in [2.45, 2.75) is 5.16 Å². The molecule has 31 heavy (non-hydrogen) atoms. The molecule has 0 saturated heterocycles. The molecule has 154 valence electrons. The van der Waals surface area contributed by atoms with E-state index < -0.39 is 0 Å². The Morgan fingerprint density at radius 2 is 1.74 bits per heavy atom. The standard InChI is InChI=1S/C23H18ClN5OS/c24-19-11-7-8-17(14-19)15-25-26-21(30)16-31-23-28-27-22(18-9-3-1-4-10-18)29(23)20-12-5-2-6-13-20/h1-15H,16H2,(H,26,30)/b25-15+. The minimum atomic E-state index is -0.243. The van der Waals surface area contributed by atoms with Gasteiger partial charge in [-0.15, -0.1) is 10.2 Å². The van der Waals surface area contributed by atoms with Crippen LogP contribution < -0.4 is 5.43 Å². The van der Waals surface area contributed by atoms with Gasteiger partial charge in [-0.05, 0) is 29.8 Å². The fraction of sp³-hybridized carbons (Fsp3) is 0.0435. The number of benzene rings is 3. The van der Waals surface area contributed by atoms with Gasteiger partial charge in [-0.1, -0.05) is 84.0 Å². The zero-order chi connectivity index (χ0) is 21.5. The largest absolute Gasteiger partial charge is 0.272 e. The Balaban J connectivity index is 1.48. The van der Waals surface area contributed by atoms with Crippen molar-refractivity contribution in [1.29, 1.82) is 0 Å². The van der Waals surface area contributed by atoms with Crippen molar-refractivity contribution in [3.8, 4) is 17.1 Å². The van der Waals surface area contributed by atoms with Gasteiger partial charge in [-0.25, -0.2) is 5.43 Å². The van der Waals surface area contributed by atoms with Crippen LogP contribution in [0.1, 0.15) is 5.56 Å². The molecule has 1 aromatic heterocycles. The molecule has 8 heteroatoms. The number of halogens is 1. The highest BCUT2D eigenvalue weighted by molar-refractivity contribution is 7.99. The molecule has 0 radical (unpaired) electrons. The van der Waals surface area contributed by atoms with Crippen molar-refractivity contribution in [1.82, 2.24) is 20.2 Å². The summed E-state index contributed by atoms with van der Waals surface area (Å²) in [7, 11) is 0. The number of aromatic nitrogens is 3. The van der Waals surface area contributed by atoms with E-state index in [9.17, 15) is 4.79 Å². The summed E-state index contributed by atoms with van der Waals surface area (Å²) in [6.07, 6.45) is 1.55. The zero-order valence-electron chi connectivity index (χ0n) is 16.4. The third-order valence-electron chi connectivity index (χ3n) is 4.26. The molecule has 0 spiro atoms. The Morgan fingerprint density at radius 1 is 1.00 bits per heavy atom. The first-order chi connectivity index (χ1) is 15.2. The van der Waals surface area contributed by atoms with Crippen molar-refractivity contribution in [2.75, 3.05) is 5.75 Å². The average molecular weight is 448 g/mol. The Bertz CT molecular complexity index is 1200. The summed E-state index contributed by atoms with van der Waals surface area (Å²) in [5.41, 5.74) is 5.20. The molecule has 3 aromatic carbocycles. The Kier molecular flexibility index (Phi) is 6.76. The van der Waals surface area contributed by atoms with Crippen LogP contribution in [0.25, 0.3) is 17.1 Å². The second-order valence-electron chi connectivity index (χ2n) is 6.48. The van der Waals surface area contributed by atoms with E-state index in [1.165, 1.54) is 11.8 Å². The molecule has 6 nitrogen and oxygen atoms in total. The van der Waals surface area contributed by atoms with E-state index >= 15 is 0 Å². The van der Waals surface area contributed by atoms with Gasteiger partial charge < -0.3 is 0 Å².